The highest BCUT2D eigenvalue weighted by atomic mass is 16.5. The average Bonchev–Trinajstić information content (AvgIpc) is 2.97. The van der Waals surface area contributed by atoms with Crippen LogP contribution in [0.4, 0.5) is 0 Å². The molecule has 1 saturated heterocycles. The van der Waals surface area contributed by atoms with Crippen LogP contribution in [0.5, 0.6) is 0 Å². The summed E-state index contributed by atoms with van der Waals surface area (Å²) in [7, 11) is 0. The maximum absolute atomic E-state index is 5.41. The van der Waals surface area contributed by atoms with E-state index in [1.54, 1.807) is 0 Å². The first-order valence-corrected chi connectivity index (χ1v) is 6.51. The fourth-order valence-electron chi connectivity index (χ4n) is 2.14. The quantitative estimate of drug-likeness (QED) is 0.851. The summed E-state index contributed by atoms with van der Waals surface area (Å²) in [6.07, 6.45) is 5.25. The van der Waals surface area contributed by atoms with Crippen molar-refractivity contribution >= 4 is 0 Å². The molecule has 2 unspecified atom stereocenters. The molecular weight excluding hydrogens is 214 g/mol. The zero-order valence-electron chi connectivity index (χ0n) is 11.0. The molecule has 0 radical (unpaired) electrons. The maximum atomic E-state index is 5.41. The first kappa shape index (κ1) is 12.6. The molecule has 17 heavy (non-hydrogen) atoms. The Labute approximate surface area is 103 Å². The predicted octanol–water partition coefficient (Wildman–Crippen LogP) is 1.98. The van der Waals surface area contributed by atoms with Gasteiger partial charge in [0.05, 0.1) is 12.8 Å². The molecule has 0 saturated carbocycles. The monoisotopic (exact) mass is 237 g/mol. The molecule has 2 heterocycles. The fraction of sp³-hybridized carbons (Fsp3) is 0.769. The van der Waals surface area contributed by atoms with Gasteiger partial charge in [-0.25, -0.2) is 0 Å². The summed E-state index contributed by atoms with van der Waals surface area (Å²) in [4.78, 5) is 0. The van der Waals surface area contributed by atoms with E-state index in [4.69, 9.17) is 4.74 Å². The van der Waals surface area contributed by atoms with Gasteiger partial charge in [0.2, 0.25) is 0 Å². The molecule has 1 fully saturated rings. The molecule has 1 aliphatic rings. The standard InChI is InChI=1S/C13H23N3O/c1-10(2)16-8-12(7-15-16)6-14-11(3)13-4-5-17-9-13/h7-8,10-11,13-14H,4-6,9H2,1-3H3. The van der Waals surface area contributed by atoms with Gasteiger partial charge >= 0.3 is 0 Å². The Morgan fingerprint density at radius 1 is 1.53 bits per heavy atom. The topological polar surface area (TPSA) is 39.1 Å². The van der Waals surface area contributed by atoms with Crippen molar-refractivity contribution in [2.45, 2.75) is 45.8 Å². The normalized spacial score (nSPS) is 22.2. The fourth-order valence-corrected chi connectivity index (χ4v) is 2.14. The summed E-state index contributed by atoms with van der Waals surface area (Å²) in [5.74, 6) is 0.662. The van der Waals surface area contributed by atoms with Crippen molar-refractivity contribution in [2.75, 3.05) is 13.2 Å². The van der Waals surface area contributed by atoms with Crippen LogP contribution in [0, 0.1) is 5.92 Å². The van der Waals surface area contributed by atoms with Gasteiger partial charge in [-0.2, -0.15) is 5.10 Å². The Kier molecular flexibility index (Phi) is 4.18. The summed E-state index contributed by atoms with van der Waals surface area (Å²) in [6, 6.07) is 0.948. The number of hydrogen-bond donors (Lipinski definition) is 1. The van der Waals surface area contributed by atoms with Crippen molar-refractivity contribution in [3.8, 4) is 0 Å². The molecule has 2 atom stereocenters. The molecule has 1 aromatic heterocycles. The number of ether oxygens (including phenoxy) is 1. The highest BCUT2D eigenvalue weighted by molar-refractivity contribution is 5.04. The third kappa shape index (κ3) is 3.30. The lowest BCUT2D eigenvalue weighted by atomic mass is 10.0. The summed E-state index contributed by atoms with van der Waals surface area (Å²) in [5, 5.41) is 7.90. The molecule has 2 rings (SSSR count). The summed E-state index contributed by atoms with van der Waals surface area (Å²) in [5.41, 5.74) is 1.25. The van der Waals surface area contributed by atoms with Crippen LogP contribution < -0.4 is 5.32 Å². The second-order valence-corrected chi connectivity index (χ2v) is 5.22. The average molecular weight is 237 g/mol. The van der Waals surface area contributed by atoms with E-state index in [-0.39, 0.29) is 0 Å². The molecule has 4 heteroatoms. The van der Waals surface area contributed by atoms with E-state index in [2.05, 4.69) is 37.4 Å². The van der Waals surface area contributed by atoms with Crippen molar-refractivity contribution in [1.82, 2.24) is 15.1 Å². The highest BCUT2D eigenvalue weighted by Gasteiger charge is 2.21. The van der Waals surface area contributed by atoms with Crippen molar-refractivity contribution < 1.29 is 4.74 Å². The maximum Gasteiger partial charge on any atom is 0.0534 e. The number of hydrogen-bond acceptors (Lipinski definition) is 3. The van der Waals surface area contributed by atoms with Crippen LogP contribution in [-0.2, 0) is 11.3 Å². The lowest BCUT2D eigenvalue weighted by Gasteiger charge is -2.18. The molecule has 1 N–H and O–H groups in total. The van der Waals surface area contributed by atoms with E-state index in [0.29, 0.717) is 18.0 Å². The van der Waals surface area contributed by atoms with E-state index >= 15 is 0 Å². The molecular formula is C13H23N3O. The minimum Gasteiger partial charge on any atom is -0.381 e. The van der Waals surface area contributed by atoms with E-state index in [1.165, 1.54) is 12.0 Å². The number of nitrogens with one attached hydrogen (secondary N) is 1. The molecule has 0 bridgehead atoms. The van der Waals surface area contributed by atoms with Crippen LogP contribution in [0.25, 0.3) is 0 Å². The Balaban J connectivity index is 1.80. The Bertz CT molecular complexity index is 342. The number of nitrogens with zero attached hydrogens (tertiary/aromatic N) is 2. The minimum atomic E-state index is 0.435. The van der Waals surface area contributed by atoms with E-state index in [0.717, 1.165) is 19.8 Å². The SMILES string of the molecule is CC(NCc1cnn(C(C)C)c1)C1CCOC1. The Morgan fingerprint density at radius 2 is 2.35 bits per heavy atom. The van der Waals surface area contributed by atoms with E-state index in [9.17, 15) is 0 Å². The van der Waals surface area contributed by atoms with Crippen molar-refractivity contribution in [3.63, 3.8) is 0 Å². The van der Waals surface area contributed by atoms with Gasteiger partial charge < -0.3 is 10.1 Å². The Hall–Kier alpha value is -0.870. The van der Waals surface area contributed by atoms with Gasteiger partial charge in [0.15, 0.2) is 0 Å². The molecule has 96 valence electrons. The van der Waals surface area contributed by atoms with Gasteiger partial charge in [0, 0.05) is 37.0 Å². The summed E-state index contributed by atoms with van der Waals surface area (Å²) < 4.78 is 7.41. The Morgan fingerprint density at radius 3 is 2.94 bits per heavy atom. The lowest BCUT2D eigenvalue weighted by Crippen LogP contribution is -2.33. The van der Waals surface area contributed by atoms with Gasteiger partial charge in [-0.1, -0.05) is 0 Å². The first-order valence-electron chi connectivity index (χ1n) is 6.51. The van der Waals surface area contributed by atoms with Crippen LogP contribution in [0.3, 0.4) is 0 Å². The predicted molar refractivity (Wildman–Crippen MR) is 67.8 cm³/mol. The van der Waals surface area contributed by atoms with E-state index in [1.807, 2.05) is 10.9 Å². The zero-order valence-corrected chi connectivity index (χ0v) is 11.0. The smallest absolute Gasteiger partial charge is 0.0534 e. The largest absolute Gasteiger partial charge is 0.381 e. The third-order valence-electron chi connectivity index (χ3n) is 3.48. The lowest BCUT2D eigenvalue weighted by molar-refractivity contribution is 0.178. The number of rotatable bonds is 5. The van der Waals surface area contributed by atoms with Gasteiger partial charge in [-0.15, -0.1) is 0 Å². The second kappa shape index (κ2) is 5.65. The molecule has 1 aromatic rings. The first-order chi connectivity index (χ1) is 8.16. The van der Waals surface area contributed by atoms with Gasteiger partial charge in [0.1, 0.15) is 0 Å². The van der Waals surface area contributed by atoms with Crippen molar-refractivity contribution in [2.24, 2.45) is 5.92 Å². The minimum absolute atomic E-state index is 0.435. The molecule has 0 aromatic carbocycles. The third-order valence-corrected chi connectivity index (χ3v) is 3.48. The van der Waals surface area contributed by atoms with Gasteiger partial charge in [-0.05, 0) is 33.1 Å². The molecule has 0 aliphatic carbocycles. The van der Waals surface area contributed by atoms with Crippen LogP contribution in [0.2, 0.25) is 0 Å². The number of aromatic nitrogens is 2. The molecule has 4 nitrogen and oxygen atoms in total. The zero-order chi connectivity index (χ0) is 12.3. The second-order valence-electron chi connectivity index (χ2n) is 5.22. The van der Waals surface area contributed by atoms with Crippen molar-refractivity contribution in [3.05, 3.63) is 18.0 Å². The van der Waals surface area contributed by atoms with Crippen LogP contribution >= 0.6 is 0 Å². The van der Waals surface area contributed by atoms with Crippen LogP contribution in [0.1, 0.15) is 38.8 Å². The van der Waals surface area contributed by atoms with Gasteiger partial charge in [0.25, 0.3) is 0 Å². The highest BCUT2D eigenvalue weighted by Crippen LogP contribution is 2.16. The molecule has 0 spiro atoms. The summed E-state index contributed by atoms with van der Waals surface area (Å²) in [6.45, 7) is 9.24. The van der Waals surface area contributed by atoms with Crippen LogP contribution in [0.15, 0.2) is 12.4 Å². The molecule has 0 amide bonds. The van der Waals surface area contributed by atoms with Gasteiger partial charge in [-0.3, -0.25) is 4.68 Å². The van der Waals surface area contributed by atoms with Crippen LogP contribution in [-0.4, -0.2) is 29.0 Å². The van der Waals surface area contributed by atoms with E-state index < -0.39 is 0 Å². The van der Waals surface area contributed by atoms with Crippen molar-refractivity contribution in [1.29, 1.82) is 0 Å². The summed E-state index contributed by atoms with van der Waals surface area (Å²) >= 11 is 0. The molecule has 1 aliphatic heterocycles.